The van der Waals surface area contributed by atoms with Crippen molar-refractivity contribution in [3.63, 3.8) is 0 Å². The number of aromatic hydroxyl groups is 1. The Kier molecular flexibility index (Phi) is 4.44. The van der Waals surface area contributed by atoms with Crippen LogP contribution in [0.4, 0.5) is 0 Å². The van der Waals surface area contributed by atoms with E-state index < -0.39 is 18.1 Å². The first-order valence-corrected chi connectivity index (χ1v) is 7.36. The SMILES string of the molecule is COc1ccc2c(c1OC)C(=O)OC2NNC(=O)c1cccc(O)c1. The minimum absolute atomic E-state index is 0.0258. The van der Waals surface area contributed by atoms with Gasteiger partial charge in [-0.05, 0) is 30.3 Å². The lowest BCUT2D eigenvalue weighted by atomic mass is 10.1. The number of nitrogens with one attached hydrogen (secondary N) is 2. The quantitative estimate of drug-likeness (QED) is 0.558. The van der Waals surface area contributed by atoms with Gasteiger partial charge >= 0.3 is 5.97 Å². The maximum absolute atomic E-state index is 12.1. The molecule has 1 amide bonds. The largest absolute Gasteiger partial charge is 0.508 e. The average Bonchev–Trinajstić information content (AvgIpc) is 2.94. The predicted molar refractivity (Wildman–Crippen MR) is 86.4 cm³/mol. The number of hydrogen-bond donors (Lipinski definition) is 3. The van der Waals surface area contributed by atoms with Gasteiger partial charge in [0.05, 0.1) is 14.2 Å². The van der Waals surface area contributed by atoms with Crippen LogP contribution in [-0.2, 0) is 4.74 Å². The number of cyclic esters (lactones) is 1. The second-order valence-corrected chi connectivity index (χ2v) is 5.20. The molecule has 0 radical (unpaired) electrons. The van der Waals surface area contributed by atoms with E-state index in [1.54, 1.807) is 24.3 Å². The second-order valence-electron chi connectivity index (χ2n) is 5.20. The summed E-state index contributed by atoms with van der Waals surface area (Å²) in [6.45, 7) is 0. The zero-order chi connectivity index (χ0) is 18.0. The number of fused-ring (bicyclic) bond motifs is 1. The van der Waals surface area contributed by atoms with Gasteiger partial charge in [0.2, 0.25) is 0 Å². The van der Waals surface area contributed by atoms with E-state index >= 15 is 0 Å². The molecule has 0 saturated heterocycles. The minimum Gasteiger partial charge on any atom is -0.508 e. The monoisotopic (exact) mass is 344 g/mol. The Hall–Kier alpha value is -3.26. The highest BCUT2D eigenvalue weighted by Gasteiger charge is 2.36. The first-order chi connectivity index (χ1) is 12.0. The minimum atomic E-state index is -0.872. The van der Waals surface area contributed by atoms with Crippen molar-refractivity contribution in [2.24, 2.45) is 0 Å². The first-order valence-electron chi connectivity index (χ1n) is 7.36. The molecule has 0 aliphatic carbocycles. The van der Waals surface area contributed by atoms with E-state index in [-0.39, 0.29) is 22.6 Å². The van der Waals surface area contributed by atoms with Crippen molar-refractivity contribution in [2.45, 2.75) is 6.23 Å². The molecule has 0 fully saturated rings. The first kappa shape index (κ1) is 16.6. The van der Waals surface area contributed by atoms with Gasteiger partial charge < -0.3 is 19.3 Å². The molecule has 3 N–H and O–H groups in total. The molecular weight excluding hydrogens is 328 g/mol. The number of phenolic OH excluding ortho intramolecular Hbond substituents is 1. The van der Waals surface area contributed by atoms with Crippen LogP contribution in [0.15, 0.2) is 36.4 Å². The van der Waals surface area contributed by atoms with Crippen molar-refractivity contribution in [1.29, 1.82) is 0 Å². The zero-order valence-electron chi connectivity index (χ0n) is 13.5. The predicted octanol–water partition coefficient (Wildman–Crippen LogP) is 1.51. The number of rotatable bonds is 5. The number of methoxy groups -OCH3 is 2. The summed E-state index contributed by atoms with van der Waals surface area (Å²) in [4.78, 5) is 24.2. The Labute approximate surface area is 143 Å². The molecule has 130 valence electrons. The molecule has 0 aromatic heterocycles. The third-order valence-electron chi connectivity index (χ3n) is 3.71. The van der Waals surface area contributed by atoms with Gasteiger partial charge in [-0.25, -0.2) is 4.79 Å². The maximum Gasteiger partial charge on any atom is 0.344 e. The van der Waals surface area contributed by atoms with Crippen LogP contribution in [-0.4, -0.2) is 31.2 Å². The van der Waals surface area contributed by atoms with E-state index in [0.29, 0.717) is 11.3 Å². The molecule has 3 rings (SSSR count). The van der Waals surface area contributed by atoms with E-state index in [0.717, 1.165) is 0 Å². The summed E-state index contributed by atoms with van der Waals surface area (Å²) >= 11 is 0. The molecule has 1 heterocycles. The Morgan fingerprint density at radius 1 is 1.20 bits per heavy atom. The molecule has 25 heavy (non-hydrogen) atoms. The molecule has 8 heteroatoms. The van der Waals surface area contributed by atoms with Gasteiger partial charge in [-0.2, -0.15) is 5.43 Å². The van der Waals surface area contributed by atoms with Gasteiger partial charge in [-0.3, -0.25) is 10.2 Å². The van der Waals surface area contributed by atoms with E-state index in [9.17, 15) is 14.7 Å². The van der Waals surface area contributed by atoms with Crippen molar-refractivity contribution < 1.29 is 28.9 Å². The van der Waals surface area contributed by atoms with Crippen LogP contribution in [0.2, 0.25) is 0 Å². The smallest absolute Gasteiger partial charge is 0.344 e. The van der Waals surface area contributed by atoms with Crippen LogP contribution < -0.4 is 20.3 Å². The summed E-state index contributed by atoms with van der Waals surface area (Å²) in [6.07, 6.45) is -0.872. The summed E-state index contributed by atoms with van der Waals surface area (Å²) in [5.41, 5.74) is 6.11. The van der Waals surface area contributed by atoms with E-state index in [1.807, 2.05) is 0 Å². The normalized spacial score (nSPS) is 15.3. The van der Waals surface area contributed by atoms with E-state index in [1.165, 1.54) is 26.4 Å². The Morgan fingerprint density at radius 2 is 2.00 bits per heavy atom. The third-order valence-corrected chi connectivity index (χ3v) is 3.71. The maximum atomic E-state index is 12.1. The fraction of sp³-hybridized carbons (Fsp3) is 0.176. The highest BCUT2D eigenvalue weighted by molar-refractivity contribution is 5.98. The molecule has 2 aromatic carbocycles. The van der Waals surface area contributed by atoms with Gasteiger partial charge in [-0.15, -0.1) is 0 Å². The lowest BCUT2D eigenvalue weighted by Crippen LogP contribution is -2.40. The van der Waals surface area contributed by atoms with Gasteiger partial charge in [0, 0.05) is 11.1 Å². The molecule has 2 aromatic rings. The molecule has 0 saturated carbocycles. The lowest BCUT2D eigenvalue weighted by molar-refractivity contribution is 0.0260. The Balaban J connectivity index is 1.78. The molecule has 8 nitrogen and oxygen atoms in total. The number of hydrogen-bond acceptors (Lipinski definition) is 7. The standard InChI is InChI=1S/C17H16N2O6/c1-23-12-7-6-11-13(14(12)24-2)17(22)25-16(11)19-18-15(21)9-4-3-5-10(20)8-9/h3-8,16,19-20H,1-2H3,(H,18,21). The van der Waals surface area contributed by atoms with Crippen LogP contribution in [0, 0.1) is 0 Å². The molecular formula is C17H16N2O6. The molecule has 0 bridgehead atoms. The highest BCUT2D eigenvalue weighted by Crippen LogP contribution is 2.40. The van der Waals surface area contributed by atoms with Crippen molar-refractivity contribution in [1.82, 2.24) is 10.9 Å². The number of amides is 1. The van der Waals surface area contributed by atoms with Crippen LogP contribution in [0.3, 0.4) is 0 Å². The summed E-state index contributed by atoms with van der Waals surface area (Å²) in [6, 6.07) is 9.16. The molecule has 1 unspecified atom stereocenters. The molecule has 1 atom stereocenters. The van der Waals surface area contributed by atoms with E-state index in [2.05, 4.69) is 10.9 Å². The summed E-state index contributed by atoms with van der Waals surface area (Å²) < 4.78 is 15.6. The summed E-state index contributed by atoms with van der Waals surface area (Å²) in [5, 5.41) is 9.42. The second kappa shape index (κ2) is 6.70. The fourth-order valence-electron chi connectivity index (χ4n) is 2.56. The van der Waals surface area contributed by atoms with Crippen LogP contribution in [0.5, 0.6) is 17.2 Å². The van der Waals surface area contributed by atoms with Crippen molar-refractivity contribution >= 4 is 11.9 Å². The lowest BCUT2D eigenvalue weighted by Gasteiger charge is -2.14. The van der Waals surface area contributed by atoms with Crippen molar-refractivity contribution in [3.05, 3.63) is 53.1 Å². The Morgan fingerprint density at radius 3 is 2.68 bits per heavy atom. The van der Waals surface area contributed by atoms with Crippen molar-refractivity contribution in [2.75, 3.05) is 14.2 Å². The number of hydrazine groups is 1. The van der Waals surface area contributed by atoms with Gasteiger partial charge in [0.25, 0.3) is 5.91 Å². The van der Waals surface area contributed by atoms with E-state index in [4.69, 9.17) is 14.2 Å². The van der Waals surface area contributed by atoms with Crippen molar-refractivity contribution in [3.8, 4) is 17.2 Å². The van der Waals surface area contributed by atoms with Gasteiger partial charge in [0.15, 0.2) is 17.7 Å². The zero-order valence-corrected chi connectivity index (χ0v) is 13.5. The van der Waals surface area contributed by atoms with Crippen LogP contribution in [0.1, 0.15) is 32.5 Å². The van der Waals surface area contributed by atoms with Gasteiger partial charge in [-0.1, -0.05) is 6.07 Å². The van der Waals surface area contributed by atoms with Gasteiger partial charge in [0.1, 0.15) is 11.3 Å². The number of ether oxygens (including phenoxy) is 3. The summed E-state index contributed by atoms with van der Waals surface area (Å²) in [5.74, 6) is -0.422. The van der Waals surface area contributed by atoms with Crippen LogP contribution >= 0.6 is 0 Å². The molecule has 1 aliphatic rings. The average molecular weight is 344 g/mol. The van der Waals surface area contributed by atoms with Crippen LogP contribution in [0.25, 0.3) is 0 Å². The highest BCUT2D eigenvalue weighted by atomic mass is 16.6. The topological polar surface area (TPSA) is 106 Å². The summed E-state index contributed by atoms with van der Waals surface area (Å²) in [7, 11) is 2.89. The third kappa shape index (κ3) is 3.07. The molecule has 0 spiro atoms. The number of benzene rings is 2. The number of esters is 1. The fourth-order valence-corrected chi connectivity index (χ4v) is 2.56. The number of phenols is 1. The molecule has 1 aliphatic heterocycles. The Bertz CT molecular complexity index is 836. The number of carbonyl (C=O) groups is 2. The number of carbonyl (C=O) groups excluding carboxylic acids is 2.